The van der Waals surface area contributed by atoms with Gasteiger partial charge in [-0.3, -0.25) is 0 Å². The molecule has 6 heteroatoms. The standard InChI is InChI=1S/C11H6Cl2N4/c12-9-2-1-7(3-10(9)13)17-11-4-8(5-14)15-6-16-11/h1-4,6H,(H,15,16,17). The molecule has 1 N–H and O–H groups in total. The normalized spacial score (nSPS) is 9.71. The van der Waals surface area contributed by atoms with Crippen LogP contribution >= 0.6 is 23.2 Å². The van der Waals surface area contributed by atoms with E-state index < -0.39 is 0 Å². The summed E-state index contributed by atoms with van der Waals surface area (Å²) in [6.45, 7) is 0. The predicted molar refractivity (Wildman–Crippen MR) is 66.5 cm³/mol. The largest absolute Gasteiger partial charge is 0.340 e. The fourth-order valence-corrected chi connectivity index (χ4v) is 1.51. The molecule has 0 saturated heterocycles. The van der Waals surface area contributed by atoms with E-state index in [0.29, 0.717) is 21.6 Å². The Labute approximate surface area is 108 Å². The quantitative estimate of drug-likeness (QED) is 0.903. The number of hydrogen-bond donors (Lipinski definition) is 1. The topological polar surface area (TPSA) is 61.6 Å². The minimum atomic E-state index is 0.294. The van der Waals surface area contributed by atoms with Crippen molar-refractivity contribution in [3.05, 3.63) is 46.3 Å². The molecule has 0 atom stereocenters. The van der Waals surface area contributed by atoms with E-state index in [2.05, 4.69) is 15.3 Å². The van der Waals surface area contributed by atoms with Gasteiger partial charge in [-0.15, -0.1) is 0 Å². The van der Waals surface area contributed by atoms with Crippen molar-refractivity contribution >= 4 is 34.7 Å². The molecule has 0 aliphatic heterocycles. The Kier molecular flexibility index (Phi) is 3.43. The van der Waals surface area contributed by atoms with Gasteiger partial charge in [0.25, 0.3) is 0 Å². The van der Waals surface area contributed by atoms with Crippen molar-refractivity contribution in [3.8, 4) is 6.07 Å². The fourth-order valence-electron chi connectivity index (χ4n) is 1.21. The van der Waals surface area contributed by atoms with Gasteiger partial charge in [0.05, 0.1) is 10.0 Å². The van der Waals surface area contributed by atoms with Crippen LogP contribution in [0.1, 0.15) is 5.69 Å². The maximum Gasteiger partial charge on any atom is 0.145 e. The van der Waals surface area contributed by atoms with E-state index >= 15 is 0 Å². The average Bonchev–Trinajstić information content (AvgIpc) is 2.34. The lowest BCUT2D eigenvalue weighted by molar-refractivity contribution is 1.14. The highest BCUT2D eigenvalue weighted by atomic mass is 35.5. The molecule has 1 aromatic carbocycles. The maximum absolute atomic E-state index is 8.70. The first-order valence-electron chi connectivity index (χ1n) is 4.63. The molecule has 17 heavy (non-hydrogen) atoms. The Morgan fingerprint density at radius 3 is 2.65 bits per heavy atom. The second kappa shape index (κ2) is 5.00. The summed E-state index contributed by atoms with van der Waals surface area (Å²) in [4.78, 5) is 7.76. The zero-order valence-corrected chi connectivity index (χ0v) is 10.00. The molecular formula is C11H6Cl2N4. The van der Waals surface area contributed by atoms with Gasteiger partial charge in [-0.05, 0) is 18.2 Å². The van der Waals surface area contributed by atoms with E-state index in [1.165, 1.54) is 6.33 Å². The summed E-state index contributed by atoms with van der Waals surface area (Å²) in [5.74, 6) is 0.523. The van der Waals surface area contributed by atoms with Crippen LogP contribution in [-0.2, 0) is 0 Å². The van der Waals surface area contributed by atoms with E-state index in [-0.39, 0.29) is 0 Å². The molecule has 1 heterocycles. The zero-order chi connectivity index (χ0) is 12.3. The smallest absolute Gasteiger partial charge is 0.145 e. The number of anilines is 2. The van der Waals surface area contributed by atoms with Gasteiger partial charge in [0, 0.05) is 11.8 Å². The van der Waals surface area contributed by atoms with E-state index in [4.69, 9.17) is 28.5 Å². The third-order valence-corrected chi connectivity index (χ3v) is 2.71. The molecule has 0 radical (unpaired) electrons. The number of halogens is 2. The van der Waals surface area contributed by atoms with Crippen molar-refractivity contribution < 1.29 is 0 Å². The van der Waals surface area contributed by atoms with Gasteiger partial charge in [0.1, 0.15) is 23.9 Å². The van der Waals surface area contributed by atoms with Crippen LogP contribution in [0.2, 0.25) is 10.0 Å². The molecular weight excluding hydrogens is 259 g/mol. The molecule has 0 aliphatic rings. The fraction of sp³-hybridized carbons (Fsp3) is 0. The van der Waals surface area contributed by atoms with Crippen LogP contribution in [0.5, 0.6) is 0 Å². The van der Waals surface area contributed by atoms with Gasteiger partial charge in [-0.1, -0.05) is 23.2 Å². The second-order valence-corrected chi connectivity index (χ2v) is 3.97. The highest BCUT2D eigenvalue weighted by Gasteiger charge is 2.01. The van der Waals surface area contributed by atoms with Gasteiger partial charge >= 0.3 is 0 Å². The summed E-state index contributed by atoms with van der Waals surface area (Å²) in [7, 11) is 0. The van der Waals surface area contributed by atoms with E-state index in [1.54, 1.807) is 24.3 Å². The summed E-state index contributed by atoms with van der Waals surface area (Å²) in [5.41, 5.74) is 1.03. The number of nitrogens with one attached hydrogen (secondary N) is 1. The van der Waals surface area contributed by atoms with Gasteiger partial charge < -0.3 is 5.32 Å². The van der Waals surface area contributed by atoms with Crippen molar-refractivity contribution in [1.29, 1.82) is 5.26 Å². The van der Waals surface area contributed by atoms with Gasteiger partial charge in [-0.25, -0.2) is 9.97 Å². The Balaban J connectivity index is 2.25. The summed E-state index contributed by atoms with van der Waals surface area (Å²) in [6.07, 6.45) is 1.32. The first kappa shape index (κ1) is 11.6. The van der Waals surface area contributed by atoms with Crippen LogP contribution in [0.15, 0.2) is 30.6 Å². The predicted octanol–water partition coefficient (Wildman–Crippen LogP) is 3.40. The Morgan fingerprint density at radius 2 is 1.94 bits per heavy atom. The van der Waals surface area contributed by atoms with Crippen LogP contribution in [0.4, 0.5) is 11.5 Å². The summed E-state index contributed by atoms with van der Waals surface area (Å²) in [6, 6.07) is 8.60. The third kappa shape index (κ3) is 2.84. The summed E-state index contributed by atoms with van der Waals surface area (Å²) in [5, 5.41) is 12.6. The van der Waals surface area contributed by atoms with Crippen LogP contribution in [0.3, 0.4) is 0 Å². The monoisotopic (exact) mass is 264 g/mol. The number of aromatic nitrogens is 2. The third-order valence-electron chi connectivity index (χ3n) is 1.97. The van der Waals surface area contributed by atoms with Crippen LogP contribution in [-0.4, -0.2) is 9.97 Å². The number of benzene rings is 1. The molecule has 2 rings (SSSR count). The molecule has 84 valence electrons. The Hall–Kier alpha value is -1.83. The minimum absolute atomic E-state index is 0.294. The van der Waals surface area contributed by atoms with E-state index in [0.717, 1.165) is 5.69 Å². The van der Waals surface area contributed by atoms with Crippen LogP contribution in [0, 0.1) is 11.3 Å². The number of hydrogen-bond acceptors (Lipinski definition) is 4. The molecule has 4 nitrogen and oxygen atoms in total. The van der Waals surface area contributed by atoms with Crippen molar-refractivity contribution in [3.63, 3.8) is 0 Å². The molecule has 0 fully saturated rings. The van der Waals surface area contributed by atoms with Crippen LogP contribution in [0.25, 0.3) is 0 Å². The average molecular weight is 265 g/mol. The molecule has 0 saturated carbocycles. The highest BCUT2D eigenvalue weighted by Crippen LogP contribution is 2.26. The van der Waals surface area contributed by atoms with Gasteiger partial charge in [-0.2, -0.15) is 5.26 Å². The van der Waals surface area contributed by atoms with Crippen LogP contribution < -0.4 is 5.32 Å². The van der Waals surface area contributed by atoms with Gasteiger partial charge in [0.2, 0.25) is 0 Å². The SMILES string of the molecule is N#Cc1cc(Nc2ccc(Cl)c(Cl)c2)ncn1. The minimum Gasteiger partial charge on any atom is -0.340 e. The maximum atomic E-state index is 8.70. The molecule has 1 aromatic heterocycles. The van der Waals surface area contributed by atoms with Crippen molar-refractivity contribution in [2.24, 2.45) is 0 Å². The van der Waals surface area contributed by atoms with Crippen molar-refractivity contribution in [2.75, 3.05) is 5.32 Å². The number of rotatable bonds is 2. The first-order valence-corrected chi connectivity index (χ1v) is 5.39. The van der Waals surface area contributed by atoms with E-state index in [1.807, 2.05) is 6.07 Å². The molecule has 0 amide bonds. The van der Waals surface area contributed by atoms with Crippen molar-refractivity contribution in [2.45, 2.75) is 0 Å². The Morgan fingerprint density at radius 1 is 1.12 bits per heavy atom. The number of nitriles is 1. The second-order valence-electron chi connectivity index (χ2n) is 3.15. The Bertz CT molecular complexity index is 592. The first-order chi connectivity index (χ1) is 8.19. The molecule has 2 aromatic rings. The lowest BCUT2D eigenvalue weighted by Crippen LogP contribution is -1.95. The number of nitrogens with zero attached hydrogens (tertiary/aromatic N) is 3. The van der Waals surface area contributed by atoms with Crippen molar-refractivity contribution in [1.82, 2.24) is 9.97 Å². The molecule has 0 unspecified atom stereocenters. The lowest BCUT2D eigenvalue weighted by atomic mass is 10.3. The summed E-state index contributed by atoms with van der Waals surface area (Å²) < 4.78 is 0. The van der Waals surface area contributed by atoms with Gasteiger partial charge in [0.15, 0.2) is 0 Å². The summed E-state index contributed by atoms with van der Waals surface area (Å²) >= 11 is 11.7. The molecule has 0 spiro atoms. The molecule has 0 aliphatic carbocycles. The lowest BCUT2D eigenvalue weighted by Gasteiger charge is -2.06. The zero-order valence-electron chi connectivity index (χ0n) is 8.48. The molecule has 0 bridgehead atoms. The highest BCUT2D eigenvalue weighted by molar-refractivity contribution is 6.42. The van der Waals surface area contributed by atoms with E-state index in [9.17, 15) is 0 Å².